The van der Waals surface area contributed by atoms with Gasteiger partial charge in [-0.1, -0.05) is 65.8 Å². The predicted molar refractivity (Wildman–Crippen MR) is 107 cm³/mol. The minimum Gasteiger partial charge on any atom is -0.496 e. The highest BCUT2D eigenvalue weighted by Gasteiger charge is 2.50. The van der Waals surface area contributed by atoms with Gasteiger partial charge in [0.2, 0.25) is 0 Å². The van der Waals surface area contributed by atoms with Crippen molar-refractivity contribution < 1.29 is 9.47 Å². The van der Waals surface area contributed by atoms with Crippen molar-refractivity contribution in [2.75, 3.05) is 11.9 Å². The molecule has 0 amide bonds. The summed E-state index contributed by atoms with van der Waals surface area (Å²) in [6.45, 7) is 2.13. The Kier molecular flexibility index (Phi) is 5.52. The second-order valence-corrected chi connectivity index (χ2v) is 6.98. The first kappa shape index (κ1) is 18.1. The van der Waals surface area contributed by atoms with E-state index in [4.69, 9.17) is 44.9 Å². The molecular weight excluding hydrogens is 377 g/mol. The van der Waals surface area contributed by atoms with E-state index in [1.807, 2.05) is 55.5 Å². The Labute approximate surface area is 162 Å². The van der Waals surface area contributed by atoms with Gasteiger partial charge in [-0.3, -0.25) is 0 Å². The smallest absolute Gasteiger partial charge is 0.137 e. The second kappa shape index (κ2) is 7.65. The zero-order valence-electron chi connectivity index (χ0n) is 13.5. The number of hydrogen-bond donors (Lipinski definition) is 1. The summed E-state index contributed by atoms with van der Waals surface area (Å²) in [5.74, 6) is 0.578. The Balaban J connectivity index is 1.85. The highest BCUT2D eigenvalue weighted by Crippen LogP contribution is 2.43. The summed E-state index contributed by atoms with van der Waals surface area (Å²) in [5.41, 5.74) is 0.0968. The average molecular weight is 394 g/mol. The molecule has 2 aromatic rings. The lowest BCUT2D eigenvalue weighted by Crippen LogP contribution is -2.46. The summed E-state index contributed by atoms with van der Waals surface area (Å²) in [7, 11) is 0. The molecular formula is C19H17Cl2NO2S. The van der Waals surface area contributed by atoms with Crippen LogP contribution < -0.4 is 10.1 Å². The van der Waals surface area contributed by atoms with Crippen LogP contribution in [-0.4, -0.2) is 17.7 Å². The third-order valence-corrected chi connectivity index (χ3v) is 5.43. The summed E-state index contributed by atoms with van der Waals surface area (Å²) in [6, 6.07) is 17.0. The Morgan fingerprint density at radius 2 is 1.84 bits per heavy atom. The molecule has 3 nitrogen and oxygen atoms in total. The normalized spacial score (nSPS) is 22.0. The maximum absolute atomic E-state index is 6.49. The van der Waals surface area contributed by atoms with E-state index < -0.39 is 5.41 Å². The van der Waals surface area contributed by atoms with E-state index in [0.29, 0.717) is 20.8 Å². The van der Waals surface area contributed by atoms with Crippen LogP contribution in [0.3, 0.4) is 0 Å². The minimum absolute atomic E-state index is 0.214. The molecule has 2 aromatic carbocycles. The molecule has 0 aliphatic carbocycles. The van der Waals surface area contributed by atoms with E-state index in [1.165, 1.54) is 6.26 Å². The molecule has 0 aromatic heterocycles. The first-order valence-corrected chi connectivity index (χ1v) is 8.96. The molecule has 3 rings (SSSR count). The van der Waals surface area contributed by atoms with Crippen molar-refractivity contribution in [3.8, 4) is 5.75 Å². The number of para-hydroxylation sites is 2. The SMILES string of the molecule is CC1OC=C(Cl)C1(COc1ccccc1Cl)C(=S)Nc1ccccc1. The van der Waals surface area contributed by atoms with E-state index in [9.17, 15) is 0 Å². The molecule has 0 spiro atoms. The number of halogens is 2. The van der Waals surface area contributed by atoms with Gasteiger partial charge in [-0.15, -0.1) is 0 Å². The molecule has 0 radical (unpaired) electrons. The zero-order valence-corrected chi connectivity index (χ0v) is 15.9. The molecule has 25 heavy (non-hydrogen) atoms. The summed E-state index contributed by atoms with van der Waals surface area (Å²) >= 11 is 18.4. The van der Waals surface area contributed by atoms with E-state index in [0.717, 1.165) is 5.69 Å². The molecule has 0 bridgehead atoms. The van der Waals surface area contributed by atoms with E-state index in [2.05, 4.69) is 5.32 Å². The van der Waals surface area contributed by atoms with Crippen LogP contribution in [0.2, 0.25) is 5.02 Å². The van der Waals surface area contributed by atoms with Gasteiger partial charge in [0.25, 0.3) is 0 Å². The van der Waals surface area contributed by atoms with E-state index in [1.54, 1.807) is 6.07 Å². The Morgan fingerprint density at radius 1 is 1.16 bits per heavy atom. The third-order valence-electron chi connectivity index (χ3n) is 4.22. The van der Waals surface area contributed by atoms with Gasteiger partial charge < -0.3 is 14.8 Å². The Morgan fingerprint density at radius 3 is 2.48 bits per heavy atom. The first-order valence-electron chi connectivity index (χ1n) is 7.79. The lowest BCUT2D eigenvalue weighted by Gasteiger charge is -2.33. The molecule has 0 saturated carbocycles. The van der Waals surface area contributed by atoms with Crippen molar-refractivity contribution in [2.24, 2.45) is 5.41 Å². The topological polar surface area (TPSA) is 30.5 Å². The second-order valence-electron chi connectivity index (χ2n) is 5.75. The molecule has 0 saturated heterocycles. The molecule has 130 valence electrons. The van der Waals surface area contributed by atoms with Gasteiger partial charge in [-0.05, 0) is 31.2 Å². The quantitative estimate of drug-likeness (QED) is 0.665. The van der Waals surface area contributed by atoms with Crippen molar-refractivity contribution in [3.63, 3.8) is 0 Å². The molecule has 1 N–H and O–H groups in total. The average Bonchev–Trinajstić information content (AvgIpc) is 2.90. The fourth-order valence-electron chi connectivity index (χ4n) is 2.64. The molecule has 6 heteroatoms. The highest BCUT2D eigenvalue weighted by molar-refractivity contribution is 7.80. The van der Waals surface area contributed by atoms with Crippen LogP contribution in [0.4, 0.5) is 5.69 Å². The van der Waals surface area contributed by atoms with Crippen molar-refractivity contribution >= 4 is 46.1 Å². The third kappa shape index (κ3) is 3.61. The summed E-state index contributed by atoms with van der Waals surface area (Å²) in [6.07, 6.45) is 1.26. The lowest BCUT2D eigenvalue weighted by molar-refractivity contribution is 0.0944. The zero-order chi connectivity index (χ0) is 17.9. The number of thiocarbonyl (C=S) groups is 1. The van der Waals surface area contributed by atoms with Crippen LogP contribution in [0.15, 0.2) is 65.9 Å². The van der Waals surface area contributed by atoms with Gasteiger partial charge in [0.05, 0.1) is 21.3 Å². The molecule has 1 heterocycles. The van der Waals surface area contributed by atoms with E-state index >= 15 is 0 Å². The molecule has 1 aliphatic heterocycles. The summed E-state index contributed by atoms with van der Waals surface area (Å²) in [4.78, 5) is 0.539. The number of nitrogens with one attached hydrogen (secondary N) is 1. The fraction of sp³-hybridized carbons (Fsp3) is 0.211. The standard InChI is InChI=1S/C19H17Cl2NO2S/c1-13-19(17(21)11-23-13,12-24-16-10-6-5-9-15(16)20)18(25)22-14-7-3-2-4-8-14/h2-11,13H,12H2,1H3,(H,22,25). The van der Waals surface area contributed by atoms with E-state index in [-0.39, 0.29) is 12.7 Å². The van der Waals surface area contributed by atoms with Crippen molar-refractivity contribution in [1.82, 2.24) is 0 Å². The fourth-order valence-corrected chi connectivity index (χ4v) is 3.69. The van der Waals surface area contributed by atoms with Gasteiger partial charge >= 0.3 is 0 Å². The van der Waals surface area contributed by atoms with Crippen LogP contribution in [0.1, 0.15) is 6.92 Å². The van der Waals surface area contributed by atoms with Crippen LogP contribution in [-0.2, 0) is 4.74 Å². The molecule has 0 fully saturated rings. The number of benzene rings is 2. The Bertz CT molecular complexity index is 797. The van der Waals surface area contributed by atoms with Crippen molar-refractivity contribution in [1.29, 1.82) is 0 Å². The number of rotatable bonds is 5. The van der Waals surface area contributed by atoms with Gasteiger partial charge in [-0.25, -0.2) is 0 Å². The molecule has 1 aliphatic rings. The van der Waals surface area contributed by atoms with Crippen molar-refractivity contribution in [3.05, 3.63) is 70.9 Å². The number of anilines is 1. The van der Waals surface area contributed by atoms with Crippen LogP contribution in [0, 0.1) is 5.41 Å². The van der Waals surface area contributed by atoms with Gasteiger partial charge in [0.15, 0.2) is 0 Å². The Hall–Kier alpha value is -1.75. The maximum atomic E-state index is 6.49. The van der Waals surface area contributed by atoms with Gasteiger partial charge in [-0.2, -0.15) is 0 Å². The molecule has 2 atom stereocenters. The van der Waals surface area contributed by atoms with Gasteiger partial charge in [0.1, 0.15) is 23.9 Å². The number of ether oxygens (including phenoxy) is 2. The lowest BCUT2D eigenvalue weighted by atomic mass is 9.84. The monoisotopic (exact) mass is 393 g/mol. The van der Waals surface area contributed by atoms with Crippen LogP contribution in [0.5, 0.6) is 5.75 Å². The summed E-state index contributed by atoms with van der Waals surface area (Å²) in [5, 5.41) is 4.28. The van der Waals surface area contributed by atoms with Gasteiger partial charge in [0, 0.05) is 5.69 Å². The predicted octanol–water partition coefficient (Wildman–Crippen LogP) is 5.64. The van der Waals surface area contributed by atoms with Crippen LogP contribution in [0.25, 0.3) is 0 Å². The number of hydrogen-bond acceptors (Lipinski definition) is 3. The maximum Gasteiger partial charge on any atom is 0.137 e. The largest absolute Gasteiger partial charge is 0.496 e. The van der Waals surface area contributed by atoms with Crippen LogP contribution >= 0.6 is 35.4 Å². The van der Waals surface area contributed by atoms with Crippen molar-refractivity contribution in [2.45, 2.75) is 13.0 Å². The summed E-state index contributed by atoms with van der Waals surface area (Å²) < 4.78 is 11.6. The highest BCUT2D eigenvalue weighted by atomic mass is 35.5. The minimum atomic E-state index is -0.786. The molecule has 2 unspecified atom stereocenters. The first-order chi connectivity index (χ1) is 12.0.